The first-order valence-corrected chi connectivity index (χ1v) is 16.7. The molecule has 0 unspecified atom stereocenters. The molecule has 4 aromatic heterocycles. The molecule has 0 atom stereocenters. The van der Waals surface area contributed by atoms with Gasteiger partial charge >= 0.3 is 12.2 Å². The van der Waals surface area contributed by atoms with E-state index in [4.69, 9.17) is 9.47 Å². The van der Waals surface area contributed by atoms with Crippen molar-refractivity contribution in [2.45, 2.75) is 32.7 Å². The van der Waals surface area contributed by atoms with E-state index in [2.05, 4.69) is 0 Å². The smallest absolute Gasteiger partial charge is 0.410 e. The molecule has 0 aliphatic carbocycles. The highest BCUT2D eigenvalue weighted by molar-refractivity contribution is 7.10. The van der Waals surface area contributed by atoms with Crippen molar-refractivity contribution in [1.29, 1.82) is 0 Å². The third-order valence-corrected chi connectivity index (χ3v) is 9.52. The fourth-order valence-electron chi connectivity index (χ4n) is 4.27. The lowest BCUT2D eigenvalue weighted by Crippen LogP contribution is -2.33. The van der Waals surface area contributed by atoms with Crippen LogP contribution in [0.5, 0.6) is 11.5 Å². The van der Waals surface area contributed by atoms with E-state index in [1.165, 1.54) is 0 Å². The summed E-state index contributed by atoms with van der Waals surface area (Å²) in [5.74, 6) is 0.653. The summed E-state index contributed by atoms with van der Waals surface area (Å²) >= 11 is 6.39. The molecule has 0 saturated heterocycles. The quantitative estimate of drug-likeness (QED) is 0.138. The molecule has 0 bridgehead atoms. The minimum atomic E-state index is -0.465. The molecular weight excluding hydrogens is 607 g/mol. The number of carbonyl (C=O) groups is 2. The summed E-state index contributed by atoms with van der Waals surface area (Å²) in [5, 5.41) is 7.98. The average molecular weight is 638 g/mol. The van der Waals surface area contributed by atoms with E-state index in [1.807, 2.05) is 101 Å². The van der Waals surface area contributed by atoms with Gasteiger partial charge < -0.3 is 14.4 Å². The van der Waals surface area contributed by atoms with Gasteiger partial charge in [-0.2, -0.15) is 0 Å². The summed E-state index contributed by atoms with van der Waals surface area (Å²) in [7, 11) is 3.91. The van der Waals surface area contributed by atoms with E-state index in [-0.39, 0.29) is 0 Å². The second-order valence-electron chi connectivity index (χ2n) is 9.82. The molecule has 4 heterocycles. The van der Waals surface area contributed by atoms with Gasteiger partial charge in [0.25, 0.3) is 0 Å². The Labute approximate surface area is 261 Å². The van der Waals surface area contributed by atoms with Crippen molar-refractivity contribution in [3.63, 3.8) is 0 Å². The Hall–Kier alpha value is -3.48. The van der Waals surface area contributed by atoms with Crippen molar-refractivity contribution < 1.29 is 19.1 Å². The third-order valence-electron chi connectivity index (χ3n) is 6.07. The number of ether oxygens (including phenoxy) is 2. The van der Waals surface area contributed by atoms with Crippen LogP contribution in [0.2, 0.25) is 0 Å². The molecule has 218 valence electrons. The van der Waals surface area contributed by atoms with Gasteiger partial charge in [0.15, 0.2) is 0 Å². The minimum absolute atomic E-state index is 0.326. The van der Waals surface area contributed by atoms with E-state index in [0.29, 0.717) is 44.2 Å². The third kappa shape index (κ3) is 8.76. The molecule has 0 radical (unpaired) electrons. The topological polar surface area (TPSA) is 62.3 Å². The molecule has 42 heavy (non-hydrogen) atoms. The lowest BCUT2D eigenvalue weighted by atomic mass is 10.2. The molecule has 5 aromatic rings. The van der Waals surface area contributed by atoms with Crippen molar-refractivity contribution in [2.75, 3.05) is 14.1 Å². The Kier molecular flexibility index (Phi) is 10.4. The molecule has 0 aliphatic heterocycles. The number of nitrogens with zero attached hydrogens (tertiary/aromatic N) is 3. The second kappa shape index (κ2) is 14.6. The van der Waals surface area contributed by atoms with Gasteiger partial charge in [-0.3, -0.25) is 9.80 Å². The zero-order valence-electron chi connectivity index (χ0n) is 23.3. The van der Waals surface area contributed by atoms with E-state index in [0.717, 1.165) is 25.1 Å². The normalized spacial score (nSPS) is 11.0. The molecule has 0 aliphatic rings. The van der Waals surface area contributed by atoms with Crippen molar-refractivity contribution in [2.24, 2.45) is 0 Å². The average Bonchev–Trinajstić information content (AvgIpc) is 3.77. The first kappa shape index (κ1) is 30.0. The summed E-state index contributed by atoms with van der Waals surface area (Å²) in [5.41, 5.74) is 0.860. The highest BCUT2D eigenvalue weighted by Gasteiger charge is 2.22. The maximum atomic E-state index is 13.5. The fourth-order valence-corrected chi connectivity index (χ4v) is 7.15. The van der Waals surface area contributed by atoms with Gasteiger partial charge in [0.2, 0.25) is 0 Å². The zero-order valence-corrected chi connectivity index (χ0v) is 26.6. The number of hydrogen-bond donors (Lipinski definition) is 0. The van der Waals surface area contributed by atoms with Gasteiger partial charge in [0.1, 0.15) is 11.5 Å². The van der Waals surface area contributed by atoms with Crippen LogP contribution in [-0.2, 0) is 32.7 Å². The number of thiophene rings is 4. The summed E-state index contributed by atoms with van der Waals surface area (Å²) in [6, 6.07) is 21.2. The monoisotopic (exact) mass is 637 g/mol. The van der Waals surface area contributed by atoms with E-state index in [9.17, 15) is 9.59 Å². The van der Waals surface area contributed by atoms with Gasteiger partial charge in [-0.25, -0.2) is 9.59 Å². The Morgan fingerprint density at radius 3 is 1.21 bits per heavy atom. The lowest BCUT2D eigenvalue weighted by Gasteiger charge is -2.23. The number of benzene rings is 1. The summed E-state index contributed by atoms with van der Waals surface area (Å²) < 4.78 is 11.9. The number of carbonyl (C=O) groups excluding carboxylic acids is 2. The SMILES string of the molecule is CN(C)Cc1cc(OC(=O)N(Cc2cccs2)Cc2cccs2)cc(OC(=O)N(Cc2cccs2)Cc2cccs2)c1. The molecule has 5 rings (SSSR count). The van der Waals surface area contributed by atoms with Crippen LogP contribution in [0.15, 0.2) is 88.3 Å². The van der Waals surface area contributed by atoms with E-state index >= 15 is 0 Å². The van der Waals surface area contributed by atoms with Crippen molar-refractivity contribution in [3.05, 3.63) is 113 Å². The Morgan fingerprint density at radius 1 is 0.571 bits per heavy atom. The van der Waals surface area contributed by atoms with Crippen molar-refractivity contribution in [3.8, 4) is 11.5 Å². The van der Waals surface area contributed by atoms with E-state index < -0.39 is 12.2 Å². The van der Waals surface area contributed by atoms with Crippen LogP contribution in [0.25, 0.3) is 0 Å². The maximum absolute atomic E-state index is 13.5. The predicted molar refractivity (Wildman–Crippen MR) is 172 cm³/mol. The van der Waals surface area contributed by atoms with Gasteiger partial charge in [-0.1, -0.05) is 24.3 Å². The van der Waals surface area contributed by atoms with Crippen LogP contribution < -0.4 is 9.47 Å². The van der Waals surface area contributed by atoms with Gasteiger partial charge in [-0.05, 0) is 77.6 Å². The standard InChI is InChI=1S/C31H31N3O4S4/c1-32(2)18-23-15-24(37-30(35)33(19-26-7-3-11-39-26)20-27-8-4-12-40-27)17-25(16-23)38-31(36)34(21-28-9-5-13-41-28)22-29-10-6-14-42-29/h3-17H,18-22H2,1-2H3. The molecule has 0 saturated carbocycles. The van der Waals surface area contributed by atoms with E-state index in [1.54, 1.807) is 61.2 Å². The largest absolute Gasteiger partial charge is 0.415 e. The van der Waals surface area contributed by atoms with Crippen LogP contribution in [0, 0.1) is 0 Å². The van der Waals surface area contributed by atoms with Crippen molar-refractivity contribution >= 4 is 57.5 Å². The van der Waals surface area contributed by atoms with Crippen LogP contribution in [0.4, 0.5) is 9.59 Å². The molecule has 0 spiro atoms. The van der Waals surface area contributed by atoms with Crippen LogP contribution in [-0.4, -0.2) is 41.0 Å². The molecule has 7 nitrogen and oxygen atoms in total. The zero-order chi connectivity index (χ0) is 29.3. The first-order chi connectivity index (χ1) is 20.4. The highest BCUT2D eigenvalue weighted by atomic mass is 32.1. The molecule has 0 fully saturated rings. The molecule has 1 aromatic carbocycles. The molecular formula is C31H31N3O4S4. The predicted octanol–water partition coefficient (Wildman–Crippen LogP) is 8.40. The van der Waals surface area contributed by atoms with Crippen molar-refractivity contribution in [1.82, 2.24) is 14.7 Å². The lowest BCUT2D eigenvalue weighted by molar-refractivity contribution is 0.145. The highest BCUT2D eigenvalue weighted by Crippen LogP contribution is 2.27. The molecule has 11 heteroatoms. The number of rotatable bonds is 12. The second-order valence-corrected chi connectivity index (χ2v) is 13.9. The fraction of sp³-hybridized carbons (Fsp3) is 0.226. The van der Waals surface area contributed by atoms with Crippen LogP contribution >= 0.6 is 45.3 Å². The summed E-state index contributed by atoms with van der Waals surface area (Å²) in [6.45, 7) is 2.34. The summed E-state index contributed by atoms with van der Waals surface area (Å²) in [6.07, 6.45) is -0.929. The maximum Gasteiger partial charge on any atom is 0.415 e. The molecule has 0 N–H and O–H groups in total. The first-order valence-electron chi connectivity index (χ1n) is 13.2. The number of hydrogen-bond acceptors (Lipinski definition) is 9. The van der Waals surface area contributed by atoms with Crippen LogP contribution in [0.1, 0.15) is 25.1 Å². The Morgan fingerprint density at radius 2 is 0.929 bits per heavy atom. The summed E-state index contributed by atoms with van der Waals surface area (Å²) in [4.78, 5) is 36.6. The molecule has 2 amide bonds. The Balaban J connectivity index is 1.36. The minimum Gasteiger partial charge on any atom is -0.410 e. The van der Waals surface area contributed by atoms with Gasteiger partial charge in [-0.15, -0.1) is 45.3 Å². The van der Waals surface area contributed by atoms with Gasteiger partial charge in [0, 0.05) is 32.1 Å². The number of amides is 2. The van der Waals surface area contributed by atoms with Gasteiger partial charge in [0.05, 0.1) is 26.2 Å². The Bertz CT molecular complexity index is 1350. The van der Waals surface area contributed by atoms with Crippen LogP contribution in [0.3, 0.4) is 0 Å².